The van der Waals surface area contributed by atoms with Gasteiger partial charge in [-0.1, -0.05) is 29.8 Å². The molecule has 0 unspecified atom stereocenters. The average Bonchev–Trinajstić information content (AvgIpc) is 2.69. The highest BCUT2D eigenvalue weighted by atomic mass is 35.5. The van der Waals surface area contributed by atoms with E-state index in [4.69, 9.17) is 16.3 Å². The molecule has 29 heavy (non-hydrogen) atoms. The molecule has 0 fully saturated rings. The molecular weight excluding hydrogens is 388 g/mol. The number of benzene rings is 3. The van der Waals surface area contributed by atoms with Crippen LogP contribution >= 0.6 is 11.6 Å². The topological polar surface area (TPSA) is 67.4 Å². The minimum absolute atomic E-state index is 0.124. The van der Waals surface area contributed by atoms with E-state index in [1.165, 1.54) is 0 Å². The van der Waals surface area contributed by atoms with Crippen LogP contribution < -0.4 is 15.4 Å². The predicted octanol–water partition coefficient (Wildman–Crippen LogP) is 5.23. The zero-order chi connectivity index (χ0) is 20.8. The fourth-order valence-electron chi connectivity index (χ4n) is 2.66. The summed E-state index contributed by atoms with van der Waals surface area (Å²) in [5.74, 6) is 0.0308. The molecule has 0 heterocycles. The van der Waals surface area contributed by atoms with Gasteiger partial charge in [-0.3, -0.25) is 9.59 Å². The van der Waals surface area contributed by atoms with Crippen molar-refractivity contribution >= 4 is 34.8 Å². The highest BCUT2D eigenvalue weighted by Gasteiger charge is 2.09. The average molecular weight is 409 g/mol. The molecule has 2 N–H and O–H groups in total. The number of carbonyl (C=O) groups is 2. The van der Waals surface area contributed by atoms with E-state index in [0.29, 0.717) is 27.7 Å². The Morgan fingerprint density at radius 2 is 1.59 bits per heavy atom. The van der Waals surface area contributed by atoms with Crippen LogP contribution in [0.15, 0.2) is 66.7 Å². The zero-order valence-corrected chi connectivity index (χ0v) is 16.9. The van der Waals surface area contributed by atoms with Crippen molar-refractivity contribution in [3.63, 3.8) is 0 Å². The summed E-state index contributed by atoms with van der Waals surface area (Å²) in [6.07, 6.45) is 0. The highest BCUT2D eigenvalue weighted by Crippen LogP contribution is 2.18. The number of carbonyl (C=O) groups excluding carboxylic acids is 2. The van der Waals surface area contributed by atoms with Gasteiger partial charge in [0.1, 0.15) is 5.75 Å². The summed E-state index contributed by atoms with van der Waals surface area (Å²) >= 11 is 5.94. The Morgan fingerprint density at radius 3 is 2.31 bits per heavy atom. The number of ether oxygens (including phenoxy) is 1. The van der Waals surface area contributed by atoms with Gasteiger partial charge in [0.15, 0.2) is 6.61 Å². The van der Waals surface area contributed by atoms with Crippen molar-refractivity contribution < 1.29 is 14.3 Å². The Bertz CT molecular complexity index is 1050. The van der Waals surface area contributed by atoms with E-state index in [-0.39, 0.29) is 18.4 Å². The zero-order valence-electron chi connectivity index (χ0n) is 16.2. The summed E-state index contributed by atoms with van der Waals surface area (Å²) in [7, 11) is 0. The SMILES string of the molecule is Cc1ccc(OCC(=O)Nc2cccc(C(=O)Nc3cccc(Cl)c3)c2)cc1C. The standard InChI is InChI=1S/C23H21ClN2O3/c1-15-9-10-21(11-16(15)2)29-14-22(27)25-19-7-3-5-17(12-19)23(28)26-20-8-4-6-18(24)13-20/h3-13H,14H2,1-2H3,(H,25,27)(H,26,28). The Labute approximate surface area is 174 Å². The molecule has 6 heteroatoms. The summed E-state index contributed by atoms with van der Waals surface area (Å²) in [6, 6.07) is 19.3. The Balaban J connectivity index is 1.59. The lowest BCUT2D eigenvalue weighted by Gasteiger charge is -2.10. The van der Waals surface area contributed by atoms with E-state index in [1.54, 1.807) is 48.5 Å². The van der Waals surface area contributed by atoms with E-state index in [0.717, 1.165) is 11.1 Å². The first kappa shape index (κ1) is 20.4. The molecule has 0 saturated carbocycles. The number of amides is 2. The molecule has 2 amide bonds. The van der Waals surface area contributed by atoms with Crippen molar-refractivity contribution in [1.29, 1.82) is 0 Å². The van der Waals surface area contributed by atoms with E-state index >= 15 is 0 Å². The third kappa shape index (κ3) is 5.83. The van der Waals surface area contributed by atoms with Crippen LogP contribution in [0.4, 0.5) is 11.4 Å². The molecule has 0 aliphatic carbocycles. The maximum Gasteiger partial charge on any atom is 0.262 e. The molecule has 148 valence electrons. The van der Waals surface area contributed by atoms with Gasteiger partial charge in [-0.25, -0.2) is 0 Å². The smallest absolute Gasteiger partial charge is 0.262 e. The normalized spacial score (nSPS) is 10.3. The van der Waals surface area contributed by atoms with Gasteiger partial charge in [-0.15, -0.1) is 0 Å². The van der Waals surface area contributed by atoms with Crippen LogP contribution in [0.2, 0.25) is 5.02 Å². The van der Waals surface area contributed by atoms with Crippen molar-refractivity contribution in [2.45, 2.75) is 13.8 Å². The third-order valence-corrected chi connectivity index (χ3v) is 4.57. The van der Waals surface area contributed by atoms with Crippen molar-refractivity contribution in [1.82, 2.24) is 0 Å². The molecule has 0 bridgehead atoms. The molecule has 0 spiro atoms. The fraction of sp³-hybridized carbons (Fsp3) is 0.130. The molecule has 3 aromatic carbocycles. The van der Waals surface area contributed by atoms with Crippen LogP contribution in [0.5, 0.6) is 5.75 Å². The summed E-state index contributed by atoms with van der Waals surface area (Å²) in [4.78, 5) is 24.6. The maximum atomic E-state index is 12.4. The Hall–Kier alpha value is -3.31. The largest absolute Gasteiger partial charge is 0.484 e. The minimum Gasteiger partial charge on any atom is -0.484 e. The number of aryl methyl sites for hydroxylation is 2. The molecule has 3 aromatic rings. The number of hydrogen-bond acceptors (Lipinski definition) is 3. The molecule has 0 saturated heterocycles. The van der Waals surface area contributed by atoms with E-state index < -0.39 is 0 Å². The van der Waals surface area contributed by atoms with Crippen LogP contribution in [0.25, 0.3) is 0 Å². The number of nitrogens with one attached hydrogen (secondary N) is 2. The van der Waals surface area contributed by atoms with E-state index in [9.17, 15) is 9.59 Å². The van der Waals surface area contributed by atoms with E-state index in [1.807, 2.05) is 32.0 Å². The molecule has 3 rings (SSSR count). The number of anilines is 2. The quantitative estimate of drug-likeness (QED) is 0.587. The van der Waals surface area contributed by atoms with Gasteiger partial charge in [0.25, 0.3) is 11.8 Å². The van der Waals surface area contributed by atoms with Crippen LogP contribution in [-0.2, 0) is 4.79 Å². The van der Waals surface area contributed by atoms with Gasteiger partial charge in [0.2, 0.25) is 0 Å². The Kier molecular flexibility index (Phi) is 6.52. The molecule has 5 nitrogen and oxygen atoms in total. The second-order valence-corrected chi connectivity index (χ2v) is 7.06. The number of rotatable bonds is 6. The van der Waals surface area contributed by atoms with Gasteiger partial charge >= 0.3 is 0 Å². The van der Waals surface area contributed by atoms with Gasteiger partial charge in [-0.2, -0.15) is 0 Å². The first-order valence-corrected chi connectivity index (χ1v) is 9.45. The first-order valence-electron chi connectivity index (χ1n) is 9.07. The van der Waals surface area contributed by atoms with Crippen molar-refractivity contribution in [3.05, 3.63) is 88.4 Å². The van der Waals surface area contributed by atoms with Crippen molar-refractivity contribution in [3.8, 4) is 5.75 Å². The summed E-state index contributed by atoms with van der Waals surface area (Å²) < 4.78 is 5.54. The predicted molar refractivity (Wildman–Crippen MR) is 116 cm³/mol. The van der Waals surface area contributed by atoms with Crippen LogP contribution in [0.3, 0.4) is 0 Å². The molecule has 0 aromatic heterocycles. The molecular formula is C23H21ClN2O3. The van der Waals surface area contributed by atoms with Gasteiger partial charge < -0.3 is 15.4 Å². The van der Waals surface area contributed by atoms with Crippen molar-refractivity contribution in [2.75, 3.05) is 17.2 Å². The molecule has 0 atom stereocenters. The van der Waals surface area contributed by atoms with Gasteiger partial charge in [0.05, 0.1) is 0 Å². The van der Waals surface area contributed by atoms with Gasteiger partial charge in [0, 0.05) is 22.0 Å². The fourth-order valence-corrected chi connectivity index (χ4v) is 2.85. The lowest BCUT2D eigenvalue weighted by molar-refractivity contribution is -0.118. The van der Waals surface area contributed by atoms with Crippen LogP contribution in [0, 0.1) is 13.8 Å². The van der Waals surface area contributed by atoms with Crippen molar-refractivity contribution in [2.24, 2.45) is 0 Å². The first-order chi connectivity index (χ1) is 13.9. The van der Waals surface area contributed by atoms with E-state index in [2.05, 4.69) is 10.6 Å². The summed E-state index contributed by atoms with van der Waals surface area (Å²) in [5, 5.41) is 6.05. The number of halogens is 1. The third-order valence-electron chi connectivity index (χ3n) is 4.34. The van der Waals surface area contributed by atoms with Crippen LogP contribution in [0.1, 0.15) is 21.5 Å². The second kappa shape index (κ2) is 9.26. The van der Waals surface area contributed by atoms with Crippen LogP contribution in [-0.4, -0.2) is 18.4 Å². The summed E-state index contributed by atoms with van der Waals surface area (Å²) in [6.45, 7) is 3.88. The molecule has 0 aliphatic heterocycles. The maximum absolute atomic E-state index is 12.4. The lowest BCUT2D eigenvalue weighted by Crippen LogP contribution is -2.20. The monoisotopic (exact) mass is 408 g/mol. The Morgan fingerprint density at radius 1 is 0.862 bits per heavy atom. The minimum atomic E-state index is -0.310. The molecule has 0 radical (unpaired) electrons. The molecule has 0 aliphatic rings. The van der Waals surface area contributed by atoms with Gasteiger partial charge in [-0.05, 0) is 73.5 Å². The number of hydrogen-bond donors (Lipinski definition) is 2. The summed E-state index contributed by atoms with van der Waals surface area (Å²) in [5.41, 5.74) is 3.78. The second-order valence-electron chi connectivity index (χ2n) is 6.63. The highest BCUT2D eigenvalue weighted by molar-refractivity contribution is 6.31. The lowest BCUT2D eigenvalue weighted by atomic mass is 10.1.